The van der Waals surface area contributed by atoms with Crippen LogP contribution in [0.1, 0.15) is 11.3 Å². The van der Waals surface area contributed by atoms with E-state index in [0.29, 0.717) is 11.6 Å². The maximum Gasteiger partial charge on any atom is 0.442 e. The van der Waals surface area contributed by atoms with Gasteiger partial charge in [-0.3, -0.25) is 9.32 Å². The number of nitrogens with one attached hydrogen (secondary N) is 1. The molecule has 0 aliphatic heterocycles. The average Bonchev–Trinajstić information content (AvgIpc) is 3.07. The number of anilines is 1. The molecular weight excluding hydrogens is 300 g/mol. The van der Waals surface area contributed by atoms with Gasteiger partial charge in [0.15, 0.2) is 11.6 Å². The van der Waals surface area contributed by atoms with Crippen molar-refractivity contribution in [1.82, 2.24) is 14.9 Å². The van der Waals surface area contributed by atoms with E-state index in [0.717, 1.165) is 11.1 Å². The van der Waals surface area contributed by atoms with Crippen LogP contribution in [0.25, 0.3) is 11.4 Å². The smallest absolute Gasteiger partial charge is 0.360 e. The summed E-state index contributed by atoms with van der Waals surface area (Å²) in [4.78, 5) is 23.9. The van der Waals surface area contributed by atoms with Gasteiger partial charge in [-0.15, -0.1) is 0 Å². The van der Waals surface area contributed by atoms with Gasteiger partial charge in [0.25, 0.3) is 0 Å². The van der Waals surface area contributed by atoms with Crippen LogP contribution in [-0.2, 0) is 11.3 Å². The number of carbonyl (C=O) groups excluding carboxylic acids is 1. The van der Waals surface area contributed by atoms with Crippen LogP contribution in [0.2, 0.25) is 0 Å². The van der Waals surface area contributed by atoms with Gasteiger partial charge in [-0.1, -0.05) is 34.6 Å². The lowest BCUT2D eigenvalue weighted by Crippen LogP contribution is -2.25. The van der Waals surface area contributed by atoms with Crippen LogP contribution < -0.4 is 11.1 Å². The molecule has 0 aliphatic carbocycles. The first-order chi connectivity index (χ1) is 11.0. The zero-order valence-electron chi connectivity index (χ0n) is 12.6. The van der Waals surface area contributed by atoms with E-state index in [1.165, 1.54) is 4.57 Å². The first kappa shape index (κ1) is 14.8. The number of amides is 1. The molecule has 0 saturated heterocycles. The highest BCUT2D eigenvalue weighted by Gasteiger charge is 2.17. The normalized spacial score (nSPS) is 10.7. The van der Waals surface area contributed by atoms with Crippen LogP contribution in [0.5, 0.6) is 0 Å². The predicted octanol–water partition coefficient (Wildman–Crippen LogP) is 1.75. The molecule has 1 N–H and O–H groups in total. The van der Waals surface area contributed by atoms with Gasteiger partial charge < -0.3 is 9.84 Å². The molecule has 23 heavy (non-hydrogen) atoms. The first-order valence-corrected chi connectivity index (χ1v) is 6.90. The number of hydrogen-bond donors (Lipinski definition) is 1. The van der Waals surface area contributed by atoms with Crippen molar-refractivity contribution in [2.24, 2.45) is 0 Å². The largest absolute Gasteiger partial charge is 0.442 e. The highest BCUT2D eigenvalue weighted by Crippen LogP contribution is 2.20. The van der Waals surface area contributed by atoms with E-state index >= 15 is 0 Å². The van der Waals surface area contributed by atoms with E-state index in [4.69, 9.17) is 9.05 Å². The minimum atomic E-state index is -0.699. The van der Waals surface area contributed by atoms with Gasteiger partial charge in [-0.25, -0.2) is 9.36 Å². The summed E-state index contributed by atoms with van der Waals surface area (Å²) in [5.74, 6) is 0.0326. The summed E-state index contributed by atoms with van der Waals surface area (Å²) in [6.45, 7) is 3.36. The van der Waals surface area contributed by atoms with Crippen LogP contribution >= 0.6 is 0 Å². The third-order valence-corrected chi connectivity index (χ3v) is 3.27. The minimum absolute atomic E-state index is 0.238. The molecule has 0 aliphatic rings. The van der Waals surface area contributed by atoms with Gasteiger partial charge in [0.1, 0.15) is 12.3 Å². The monoisotopic (exact) mass is 314 g/mol. The molecule has 0 atom stereocenters. The van der Waals surface area contributed by atoms with Crippen LogP contribution in [0, 0.1) is 13.8 Å². The van der Waals surface area contributed by atoms with E-state index < -0.39 is 11.7 Å². The van der Waals surface area contributed by atoms with Gasteiger partial charge in [-0.05, 0) is 19.4 Å². The zero-order chi connectivity index (χ0) is 16.4. The lowest BCUT2D eigenvalue weighted by Gasteiger charge is -2.06. The number of aryl methyl sites for hydroxylation is 2. The van der Waals surface area contributed by atoms with E-state index in [1.807, 2.05) is 31.2 Å². The minimum Gasteiger partial charge on any atom is -0.360 e. The summed E-state index contributed by atoms with van der Waals surface area (Å²) in [5.41, 5.74) is 1.64. The third-order valence-electron chi connectivity index (χ3n) is 3.27. The lowest BCUT2D eigenvalue weighted by molar-refractivity contribution is -0.116. The summed E-state index contributed by atoms with van der Waals surface area (Å²) in [5, 5.41) is 9.99. The molecule has 2 heterocycles. The first-order valence-electron chi connectivity index (χ1n) is 6.90. The molecule has 8 heteroatoms. The maximum absolute atomic E-state index is 12.1. The Labute approximate surface area is 130 Å². The summed E-state index contributed by atoms with van der Waals surface area (Å²) in [6.07, 6.45) is 0. The molecule has 118 valence electrons. The van der Waals surface area contributed by atoms with E-state index in [9.17, 15) is 9.59 Å². The van der Waals surface area contributed by atoms with Gasteiger partial charge >= 0.3 is 5.76 Å². The van der Waals surface area contributed by atoms with Crippen LogP contribution in [-0.4, -0.2) is 20.8 Å². The highest BCUT2D eigenvalue weighted by atomic mass is 16.5. The molecule has 0 saturated carbocycles. The van der Waals surface area contributed by atoms with Crippen LogP contribution in [0.15, 0.2) is 44.2 Å². The second-order valence-electron chi connectivity index (χ2n) is 5.04. The molecule has 2 aromatic heterocycles. The average molecular weight is 314 g/mol. The Balaban J connectivity index is 1.86. The van der Waals surface area contributed by atoms with Crippen molar-refractivity contribution in [2.45, 2.75) is 20.4 Å². The van der Waals surface area contributed by atoms with Crippen molar-refractivity contribution in [3.05, 3.63) is 52.2 Å². The lowest BCUT2D eigenvalue weighted by atomic mass is 10.1. The van der Waals surface area contributed by atoms with Crippen molar-refractivity contribution in [2.75, 3.05) is 5.32 Å². The molecule has 3 aromatic rings. The SMILES string of the molecule is Cc1cc(NC(=O)Cn2c(-c3ccccc3C)noc2=O)no1. The molecular formula is C15H14N4O4. The summed E-state index contributed by atoms with van der Waals surface area (Å²) < 4.78 is 10.7. The Morgan fingerprint density at radius 3 is 2.70 bits per heavy atom. The van der Waals surface area contributed by atoms with E-state index in [-0.39, 0.29) is 12.4 Å². The van der Waals surface area contributed by atoms with Crippen molar-refractivity contribution in [3.8, 4) is 11.4 Å². The van der Waals surface area contributed by atoms with E-state index in [2.05, 4.69) is 15.6 Å². The van der Waals surface area contributed by atoms with Crippen molar-refractivity contribution in [3.63, 3.8) is 0 Å². The molecule has 0 bridgehead atoms. The molecule has 3 rings (SSSR count). The third kappa shape index (κ3) is 3.05. The Kier molecular flexibility index (Phi) is 3.80. The van der Waals surface area contributed by atoms with Crippen molar-refractivity contribution < 1.29 is 13.8 Å². The molecule has 0 unspecified atom stereocenters. The number of aromatic nitrogens is 3. The Hall–Kier alpha value is -3.16. The standard InChI is InChI=1S/C15H14N4O4/c1-9-5-3-4-6-11(9)14-18-23-15(21)19(14)8-13(20)16-12-7-10(2)22-17-12/h3-7H,8H2,1-2H3,(H,16,17,20). The van der Waals surface area contributed by atoms with Gasteiger partial charge in [0.05, 0.1) is 0 Å². The molecule has 0 spiro atoms. The summed E-state index contributed by atoms with van der Waals surface area (Å²) in [7, 11) is 0. The second-order valence-corrected chi connectivity index (χ2v) is 5.04. The number of benzene rings is 1. The van der Waals surface area contributed by atoms with Gasteiger partial charge in [0, 0.05) is 11.6 Å². The van der Waals surface area contributed by atoms with Crippen molar-refractivity contribution in [1.29, 1.82) is 0 Å². The fourth-order valence-electron chi connectivity index (χ4n) is 2.18. The predicted molar refractivity (Wildman–Crippen MR) is 80.8 cm³/mol. The fourth-order valence-corrected chi connectivity index (χ4v) is 2.18. The number of carbonyl (C=O) groups is 1. The number of nitrogens with zero attached hydrogens (tertiary/aromatic N) is 3. The molecule has 8 nitrogen and oxygen atoms in total. The fraction of sp³-hybridized carbons (Fsp3) is 0.200. The Morgan fingerprint density at radius 2 is 2.00 bits per heavy atom. The van der Waals surface area contributed by atoms with Gasteiger partial charge in [-0.2, -0.15) is 0 Å². The van der Waals surface area contributed by atoms with Crippen molar-refractivity contribution >= 4 is 11.7 Å². The summed E-state index contributed by atoms with van der Waals surface area (Å²) >= 11 is 0. The quantitative estimate of drug-likeness (QED) is 0.787. The topological polar surface area (TPSA) is 103 Å². The number of rotatable bonds is 4. The highest BCUT2D eigenvalue weighted by molar-refractivity contribution is 5.89. The molecule has 1 amide bonds. The Bertz CT molecular complexity index is 906. The van der Waals surface area contributed by atoms with Gasteiger partial charge in [0.2, 0.25) is 5.91 Å². The zero-order valence-corrected chi connectivity index (χ0v) is 12.6. The van der Waals surface area contributed by atoms with E-state index in [1.54, 1.807) is 13.0 Å². The molecule has 0 fully saturated rings. The summed E-state index contributed by atoms with van der Waals surface area (Å²) in [6, 6.07) is 8.97. The second kappa shape index (κ2) is 5.91. The molecule has 0 radical (unpaired) electrons. The van der Waals surface area contributed by atoms with Crippen LogP contribution in [0.3, 0.4) is 0 Å². The molecule has 1 aromatic carbocycles. The van der Waals surface area contributed by atoms with Crippen LogP contribution in [0.4, 0.5) is 5.82 Å². The Morgan fingerprint density at radius 1 is 1.22 bits per heavy atom. The maximum atomic E-state index is 12.1. The number of hydrogen-bond acceptors (Lipinski definition) is 6.